The van der Waals surface area contributed by atoms with Crippen molar-refractivity contribution in [3.05, 3.63) is 25.3 Å². The van der Waals surface area contributed by atoms with E-state index in [1.165, 1.54) is 0 Å². The summed E-state index contributed by atoms with van der Waals surface area (Å²) in [5.74, 6) is -1.30. The highest BCUT2D eigenvalue weighted by atomic mass is 79.9. The fourth-order valence-electron chi connectivity index (χ4n) is 6.81. The number of likely N-dealkylation sites (tertiary alicyclic amines) is 1. The summed E-state index contributed by atoms with van der Waals surface area (Å²) in [6.07, 6.45) is 5.31. The van der Waals surface area contributed by atoms with Crippen LogP contribution in [0.15, 0.2) is 25.3 Å². The van der Waals surface area contributed by atoms with E-state index < -0.39 is 22.6 Å². The summed E-state index contributed by atoms with van der Waals surface area (Å²) in [6.45, 7) is 15.7. The Bertz CT molecular complexity index is 934. The number of morpholine rings is 1. The van der Waals surface area contributed by atoms with Crippen LogP contribution in [0, 0.1) is 11.8 Å². The molecule has 6 atom stereocenters. The molecule has 4 aliphatic heterocycles. The molecule has 3 amide bonds. The van der Waals surface area contributed by atoms with Gasteiger partial charge in [-0.3, -0.25) is 19.3 Å². The highest BCUT2D eigenvalue weighted by molar-refractivity contribution is 9.09. The van der Waals surface area contributed by atoms with E-state index in [0.717, 1.165) is 26.1 Å². The van der Waals surface area contributed by atoms with Crippen LogP contribution in [0.1, 0.15) is 26.2 Å². The maximum Gasteiger partial charge on any atom is 0.247 e. The molecule has 39 heavy (non-hydrogen) atoms. The maximum absolute atomic E-state index is 14.4. The van der Waals surface area contributed by atoms with Gasteiger partial charge in [-0.15, -0.1) is 24.9 Å². The first-order valence-electron chi connectivity index (χ1n) is 14.2. The molecular weight excluding hydrogens is 584 g/mol. The molecule has 218 valence electrons. The molecule has 4 saturated heterocycles. The number of alkyl halides is 1. The second-order valence-electron chi connectivity index (χ2n) is 10.9. The van der Waals surface area contributed by atoms with Crippen LogP contribution in [0.5, 0.6) is 0 Å². The quantitative estimate of drug-likeness (QED) is 0.231. The van der Waals surface area contributed by atoms with Gasteiger partial charge in [0.2, 0.25) is 17.7 Å². The minimum Gasteiger partial charge on any atom is -0.396 e. The molecule has 4 heterocycles. The molecule has 9 nitrogen and oxygen atoms in total. The predicted octanol–water partition coefficient (Wildman–Crippen LogP) is 1.60. The van der Waals surface area contributed by atoms with Gasteiger partial charge >= 0.3 is 0 Å². The third kappa shape index (κ3) is 5.84. The SMILES string of the molecule is C=CCN(CCN1CCOCC1)C(=O)C1N(CCCO)C(=O)[C@@H]2[C@@H](C(=O)N(CC=C)CCC)[C@@H]3SC12CC3Br. The maximum atomic E-state index is 14.4. The largest absolute Gasteiger partial charge is 0.396 e. The van der Waals surface area contributed by atoms with Crippen molar-refractivity contribution >= 4 is 45.4 Å². The Kier molecular flexibility index (Phi) is 10.6. The number of nitrogens with zero attached hydrogens (tertiary/aromatic N) is 4. The summed E-state index contributed by atoms with van der Waals surface area (Å²) in [7, 11) is 0. The summed E-state index contributed by atoms with van der Waals surface area (Å²) >= 11 is 5.50. The van der Waals surface area contributed by atoms with Crippen LogP contribution >= 0.6 is 27.7 Å². The summed E-state index contributed by atoms with van der Waals surface area (Å²) in [5.41, 5.74) is 0. The van der Waals surface area contributed by atoms with Crippen LogP contribution in [0.25, 0.3) is 0 Å². The van der Waals surface area contributed by atoms with Gasteiger partial charge in [0.05, 0.1) is 29.8 Å². The molecule has 11 heteroatoms. The number of amides is 3. The number of aliphatic hydroxyl groups excluding tert-OH is 1. The molecule has 0 aromatic rings. The average molecular weight is 628 g/mol. The molecule has 0 aliphatic carbocycles. The summed E-state index contributed by atoms with van der Waals surface area (Å²) in [6, 6.07) is -0.682. The lowest BCUT2D eigenvalue weighted by Gasteiger charge is -2.39. The molecule has 0 radical (unpaired) electrons. The molecule has 0 aromatic heterocycles. The van der Waals surface area contributed by atoms with Crippen LogP contribution in [-0.2, 0) is 19.1 Å². The number of ether oxygens (including phenoxy) is 1. The van der Waals surface area contributed by atoms with Crippen molar-refractivity contribution in [1.29, 1.82) is 0 Å². The van der Waals surface area contributed by atoms with Gasteiger partial charge in [-0.2, -0.15) is 0 Å². The van der Waals surface area contributed by atoms with Crippen LogP contribution < -0.4 is 0 Å². The second kappa shape index (κ2) is 13.5. The molecule has 4 rings (SSSR count). The number of hydrogen-bond donors (Lipinski definition) is 1. The van der Waals surface area contributed by atoms with Gasteiger partial charge in [0.15, 0.2) is 0 Å². The average Bonchev–Trinajstić information content (AvgIpc) is 3.52. The lowest BCUT2D eigenvalue weighted by atomic mass is 9.70. The second-order valence-corrected chi connectivity index (χ2v) is 13.6. The van der Waals surface area contributed by atoms with E-state index >= 15 is 0 Å². The number of fused-ring (bicyclic) bond motifs is 1. The lowest BCUT2D eigenvalue weighted by Crippen LogP contribution is -2.57. The van der Waals surface area contributed by atoms with Crippen molar-refractivity contribution in [2.75, 3.05) is 72.2 Å². The first kappa shape index (κ1) is 30.6. The van der Waals surface area contributed by atoms with E-state index in [1.54, 1.807) is 33.7 Å². The van der Waals surface area contributed by atoms with Crippen molar-refractivity contribution in [3.63, 3.8) is 0 Å². The minimum absolute atomic E-state index is 0.0240. The molecular formula is C28H43BrN4O5S. The first-order chi connectivity index (χ1) is 18.8. The fraction of sp³-hybridized carbons (Fsp3) is 0.750. The van der Waals surface area contributed by atoms with Crippen molar-refractivity contribution in [2.24, 2.45) is 11.8 Å². The van der Waals surface area contributed by atoms with Gasteiger partial charge in [-0.1, -0.05) is 35.0 Å². The van der Waals surface area contributed by atoms with Crippen LogP contribution in [-0.4, -0.2) is 135 Å². The Balaban J connectivity index is 1.66. The number of halogens is 1. The van der Waals surface area contributed by atoms with Gasteiger partial charge in [-0.05, 0) is 19.3 Å². The molecule has 3 unspecified atom stereocenters. The minimum atomic E-state index is -0.687. The third-order valence-electron chi connectivity index (χ3n) is 8.47. The Hall–Kier alpha value is -1.40. The number of carbonyl (C=O) groups excluding carboxylic acids is 3. The number of hydrogen-bond acceptors (Lipinski definition) is 7. The summed E-state index contributed by atoms with van der Waals surface area (Å²) in [4.78, 5) is 50.2. The number of carbonyl (C=O) groups is 3. The molecule has 4 aliphatic rings. The van der Waals surface area contributed by atoms with Gasteiger partial charge in [0.1, 0.15) is 6.04 Å². The van der Waals surface area contributed by atoms with Crippen LogP contribution in [0.3, 0.4) is 0 Å². The van der Waals surface area contributed by atoms with E-state index in [2.05, 4.69) is 34.0 Å². The lowest BCUT2D eigenvalue weighted by molar-refractivity contribution is -0.144. The Morgan fingerprint density at radius 3 is 2.44 bits per heavy atom. The highest BCUT2D eigenvalue weighted by Crippen LogP contribution is 2.68. The smallest absolute Gasteiger partial charge is 0.247 e. The third-order valence-corrected chi connectivity index (χ3v) is 11.7. The zero-order valence-electron chi connectivity index (χ0n) is 23.0. The molecule has 0 aromatic carbocycles. The monoisotopic (exact) mass is 626 g/mol. The topological polar surface area (TPSA) is 93.6 Å². The van der Waals surface area contributed by atoms with Gasteiger partial charge in [0.25, 0.3) is 0 Å². The Morgan fingerprint density at radius 1 is 1.15 bits per heavy atom. The van der Waals surface area contributed by atoms with Gasteiger partial charge < -0.3 is 24.5 Å². The molecule has 0 saturated carbocycles. The number of thioether (sulfide) groups is 1. The van der Waals surface area contributed by atoms with Crippen molar-refractivity contribution in [1.82, 2.24) is 19.6 Å². The number of rotatable bonds is 14. The normalized spacial score (nSPS) is 31.8. The van der Waals surface area contributed by atoms with E-state index in [4.69, 9.17) is 4.74 Å². The van der Waals surface area contributed by atoms with E-state index in [-0.39, 0.29) is 34.4 Å². The Labute approximate surface area is 245 Å². The van der Waals surface area contributed by atoms with Crippen LogP contribution in [0.4, 0.5) is 0 Å². The highest BCUT2D eigenvalue weighted by Gasteiger charge is 2.75. The van der Waals surface area contributed by atoms with Gasteiger partial charge in [-0.25, -0.2) is 0 Å². The van der Waals surface area contributed by atoms with Gasteiger partial charge in [0, 0.05) is 69.0 Å². The van der Waals surface area contributed by atoms with Crippen molar-refractivity contribution < 1.29 is 24.2 Å². The molecule has 4 fully saturated rings. The van der Waals surface area contributed by atoms with Crippen molar-refractivity contribution in [2.45, 2.75) is 47.1 Å². The molecule has 2 bridgehead atoms. The predicted molar refractivity (Wildman–Crippen MR) is 157 cm³/mol. The zero-order chi connectivity index (χ0) is 28.2. The zero-order valence-corrected chi connectivity index (χ0v) is 25.4. The first-order valence-corrected chi connectivity index (χ1v) is 16.0. The van der Waals surface area contributed by atoms with E-state index in [1.807, 2.05) is 11.8 Å². The van der Waals surface area contributed by atoms with Crippen LogP contribution in [0.2, 0.25) is 0 Å². The van der Waals surface area contributed by atoms with E-state index in [0.29, 0.717) is 58.8 Å². The van der Waals surface area contributed by atoms with E-state index in [9.17, 15) is 19.5 Å². The summed E-state index contributed by atoms with van der Waals surface area (Å²) in [5, 5.41) is 9.54. The number of aliphatic hydroxyl groups is 1. The molecule has 1 N–H and O–H groups in total. The fourth-order valence-corrected chi connectivity index (χ4v) is 10.4. The molecule has 1 spiro atoms. The van der Waals surface area contributed by atoms with Crippen molar-refractivity contribution in [3.8, 4) is 0 Å². The Morgan fingerprint density at radius 2 is 1.82 bits per heavy atom. The summed E-state index contributed by atoms with van der Waals surface area (Å²) < 4.78 is 4.78. The standard InChI is InChI=1S/C28H43BrN4O5S/c1-4-8-31(9-5-2)25(35)21-22-26(36)33(11-7-16-34)24(28(22)19-20(29)23(21)39-28)27(37)32(10-6-3)13-12-30-14-17-38-18-15-30/h4,6,20-24,34H,1,3,5,7-19H2,2H3/t20?,21-,22+,23-,24?,28?/m1/s1.